The van der Waals surface area contributed by atoms with Crippen molar-refractivity contribution in [2.24, 2.45) is 11.1 Å². The number of nitrogens with two attached hydrogens (primary N) is 1. The van der Waals surface area contributed by atoms with Gasteiger partial charge >= 0.3 is 0 Å². The SMILES string of the molecule is CC(C)(CCN)CCC(=O)N1CCCc2ccccc2C1. The molecule has 116 valence electrons. The smallest absolute Gasteiger partial charge is 0.222 e. The van der Waals surface area contributed by atoms with Crippen molar-refractivity contribution < 1.29 is 4.79 Å². The first kappa shape index (κ1) is 16.0. The van der Waals surface area contributed by atoms with Crippen LogP contribution in [0.5, 0.6) is 0 Å². The van der Waals surface area contributed by atoms with Gasteiger partial charge in [0.15, 0.2) is 0 Å². The van der Waals surface area contributed by atoms with Gasteiger partial charge in [-0.05, 0) is 48.8 Å². The van der Waals surface area contributed by atoms with Crippen LogP contribution in [-0.2, 0) is 17.8 Å². The average molecular weight is 288 g/mol. The Labute approximate surface area is 128 Å². The predicted octanol–water partition coefficient (Wildman–Crippen LogP) is 3.12. The number of hydrogen-bond donors (Lipinski definition) is 1. The van der Waals surface area contributed by atoms with Gasteiger partial charge in [-0.3, -0.25) is 4.79 Å². The zero-order valence-electron chi connectivity index (χ0n) is 13.4. The van der Waals surface area contributed by atoms with Crippen molar-refractivity contribution in [2.75, 3.05) is 13.1 Å². The molecule has 0 saturated carbocycles. The highest BCUT2D eigenvalue weighted by molar-refractivity contribution is 5.76. The van der Waals surface area contributed by atoms with Crippen molar-refractivity contribution in [3.05, 3.63) is 35.4 Å². The Balaban J connectivity index is 1.94. The topological polar surface area (TPSA) is 46.3 Å². The molecule has 0 unspecified atom stereocenters. The summed E-state index contributed by atoms with van der Waals surface area (Å²) >= 11 is 0. The van der Waals surface area contributed by atoms with Crippen LogP contribution in [-0.4, -0.2) is 23.9 Å². The third kappa shape index (κ3) is 4.57. The van der Waals surface area contributed by atoms with Crippen LogP contribution in [0.1, 0.15) is 50.7 Å². The summed E-state index contributed by atoms with van der Waals surface area (Å²) in [6.45, 7) is 6.74. The number of hydrogen-bond acceptors (Lipinski definition) is 2. The summed E-state index contributed by atoms with van der Waals surface area (Å²) in [4.78, 5) is 14.5. The lowest BCUT2D eigenvalue weighted by Crippen LogP contribution is -2.31. The maximum atomic E-state index is 12.5. The molecule has 0 spiro atoms. The second-order valence-electron chi connectivity index (χ2n) is 6.89. The molecule has 0 aliphatic carbocycles. The Morgan fingerprint density at radius 2 is 1.95 bits per heavy atom. The van der Waals surface area contributed by atoms with E-state index >= 15 is 0 Å². The number of fused-ring (bicyclic) bond motifs is 1. The van der Waals surface area contributed by atoms with E-state index in [-0.39, 0.29) is 11.3 Å². The average Bonchev–Trinajstić information content (AvgIpc) is 2.67. The number of carbonyl (C=O) groups excluding carboxylic acids is 1. The van der Waals surface area contributed by atoms with Gasteiger partial charge in [0.25, 0.3) is 0 Å². The third-order valence-corrected chi connectivity index (χ3v) is 4.54. The maximum absolute atomic E-state index is 12.5. The maximum Gasteiger partial charge on any atom is 0.222 e. The Hall–Kier alpha value is -1.35. The fourth-order valence-corrected chi connectivity index (χ4v) is 3.03. The van der Waals surface area contributed by atoms with E-state index in [0.29, 0.717) is 13.0 Å². The van der Waals surface area contributed by atoms with Gasteiger partial charge in [-0.2, -0.15) is 0 Å². The molecule has 0 atom stereocenters. The molecule has 0 fully saturated rings. The molecule has 21 heavy (non-hydrogen) atoms. The summed E-state index contributed by atoms with van der Waals surface area (Å²) in [6, 6.07) is 8.50. The second-order valence-corrected chi connectivity index (χ2v) is 6.89. The monoisotopic (exact) mass is 288 g/mol. The first-order valence-corrected chi connectivity index (χ1v) is 8.06. The summed E-state index contributed by atoms with van der Waals surface area (Å²) in [6.07, 6.45) is 4.67. The fourth-order valence-electron chi connectivity index (χ4n) is 3.03. The Bertz CT molecular complexity index is 482. The van der Waals surface area contributed by atoms with Crippen LogP contribution in [0.3, 0.4) is 0 Å². The fraction of sp³-hybridized carbons (Fsp3) is 0.611. The Morgan fingerprint density at radius 3 is 2.67 bits per heavy atom. The molecule has 1 aromatic rings. The van der Waals surface area contributed by atoms with Crippen LogP contribution >= 0.6 is 0 Å². The van der Waals surface area contributed by atoms with Crippen LogP contribution in [0.25, 0.3) is 0 Å². The number of aryl methyl sites for hydroxylation is 1. The molecule has 0 saturated heterocycles. The summed E-state index contributed by atoms with van der Waals surface area (Å²) < 4.78 is 0. The molecule has 1 amide bonds. The highest BCUT2D eigenvalue weighted by Crippen LogP contribution is 2.27. The number of rotatable bonds is 5. The predicted molar refractivity (Wildman–Crippen MR) is 86.9 cm³/mol. The highest BCUT2D eigenvalue weighted by Gasteiger charge is 2.22. The molecule has 1 aliphatic heterocycles. The van der Waals surface area contributed by atoms with Gasteiger partial charge in [-0.15, -0.1) is 0 Å². The standard InChI is InChI=1S/C18H28N2O/c1-18(2,11-12-19)10-9-17(21)20-13-5-8-15-6-3-4-7-16(15)14-20/h3-4,6-7H,5,8-14,19H2,1-2H3. The van der Waals surface area contributed by atoms with Gasteiger partial charge in [-0.25, -0.2) is 0 Å². The lowest BCUT2D eigenvalue weighted by molar-refractivity contribution is -0.132. The van der Waals surface area contributed by atoms with Crippen molar-refractivity contribution in [3.63, 3.8) is 0 Å². The van der Waals surface area contributed by atoms with E-state index in [0.717, 1.165) is 38.8 Å². The zero-order chi connectivity index (χ0) is 15.3. The zero-order valence-corrected chi connectivity index (χ0v) is 13.4. The van der Waals surface area contributed by atoms with Crippen LogP contribution in [0.4, 0.5) is 0 Å². The number of nitrogens with zero attached hydrogens (tertiary/aromatic N) is 1. The molecule has 3 heteroatoms. The lowest BCUT2D eigenvalue weighted by atomic mass is 9.84. The van der Waals surface area contributed by atoms with E-state index < -0.39 is 0 Å². The molecular formula is C18H28N2O. The second kappa shape index (κ2) is 7.08. The normalized spacial score (nSPS) is 15.5. The van der Waals surface area contributed by atoms with Gasteiger partial charge in [0, 0.05) is 19.5 Å². The molecule has 1 aromatic carbocycles. The van der Waals surface area contributed by atoms with Crippen LogP contribution < -0.4 is 5.73 Å². The van der Waals surface area contributed by atoms with Gasteiger partial charge in [0.1, 0.15) is 0 Å². The first-order chi connectivity index (χ1) is 10.0. The van der Waals surface area contributed by atoms with E-state index in [1.165, 1.54) is 11.1 Å². The molecule has 1 heterocycles. The van der Waals surface area contributed by atoms with Crippen molar-refractivity contribution in [3.8, 4) is 0 Å². The molecule has 0 aromatic heterocycles. The van der Waals surface area contributed by atoms with Gasteiger partial charge < -0.3 is 10.6 Å². The van der Waals surface area contributed by atoms with Crippen molar-refractivity contribution >= 4 is 5.91 Å². The van der Waals surface area contributed by atoms with Crippen LogP contribution in [0.15, 0.2) is 24.3 Å². The molecule has 3 nitrogen and oxygen atoms in total. The van der Waals surface area contributed by atoms with E-state index in [1.807, 2.05) is 4.90 Å². The first-order valence-electron chi connectivity index (χ1n) is 8.06. The highest BCUT2D eigenvalue weighted by atomic mass is 16.2. The van der Waals surface area contributed by atoms with Gasteiger partial charge in [0.05, 0.1) is 0 Å². The number of carbonyl (C=O) groups is 1. The summed E-state index contributed by atoms with van der Waals surface area (Å²) in [5.74, 6) is 0.289. The Kier molecular flexibility index (Phi) is 5.40. The van der Waals surface area contributed by atoms with E-state index in [2.05, 4.69) is 38.1 Å². The quantitative estimate of drug-likeness (QED) is 0.905. The molecule has 1 aliphatic rings. The molecule has 2 N–H and O–H groups in total. The minimum absolute atomic E-state index is 0.161. The minimum atomic E-state index is 0.161. The summed E-state index contributed by atoms with van der Waals surface area (Å²) in [5.41, 5.74) is 8.51. The molecule has 0 radical (unpaired) electrons. The summed E-state index contributed by atoms with van der Waals surface area (Å²) in [7, 11) is 0. The summed E-state index contributed by atoms with van der Waals surface area (Å²) in [5, 5.41) is 0. The van der Waals surface area contributed by atoms with Crippen LogP contribution in [0, 0.1) is 5.41 Å². The number of benzene rings is 1. The Morgan fingerprint density at radius 1 is 1.24 bits per heavy atom. The van der Waals surface area contributed by atoms with Crippen molar-refractivity contribution in [1.29, 1.82) is 0 Å². The third-order valence-electron chi connectivity index (χ3n) is 4.54. The number of amides is 1. The minimum Gasteiger partial charge on any atom is -0.338 e. The van der Waals surface area contributed by atoms with Crippen LogP contribution in [0.2, 0.25) is 0 Å². The van der Waals surface area contributed by atoms with Gasteiger partial charge in [-0.1, -0.05) is 38.1 Å². The molecule has 0 bridgehead atoms. The van der Waals surface area contributed by atoms with E-state index in [1.54, 1.807) is 0 Å². The largest absolute Gasteiger partial charge is 0.338 e. The van der Waals surface area contributed by atoms with E-state index in [4.69, 9.17) is 5.73 Å². The van der Waals surface area contributed by atoms with Gasteiger partial charge in [0.2, 0.25) is 5.91 Å². The lowest BCUT2D eigenvalue weighted by Gasteiger charge is -2.26. The molecule has 2 rings (SSSR count). The van der Waals surface area contributed by atoms with E-state index in [9.17, 15) is 4.79 Å². The molecular weight excluding hydrogens is 260 g/mol. The van der Waals surface area contributed by atoms with Crippen molar-refractivity contribution in [2.45, 2.75) is 52.5 Å². The van der Waals surface area contributed by atoms with Crippen molar-refractivity contribution in [1.82, 2.24) is 4.90 Å².